The molecule has 0 fully saturated rings. The predicted octanol–water partition coefficient (Wildman–Crippen LogP) is 2.67. The van der Waals surface area contributed by atoms with Gasteiger partial charge in [0.25, 0.3) is 0 Å². The lowest BCUT2D eigenvalue weighted by Gasteiger charge is -2.11. The van der Waals surface area contributed by atoms with Gasteiger partial charge in [0.05, 0.1) is 4.90 Å². The van der Waals surface area contributed by atoms with Gasteiger partial charge in [-0.05, 0) is 60.9 Å². The molecule has 0 unspecified atom stereocenters. The van der Waals surface area contributed by atoms with E-state index < -0.39 is 10.0 Å². The molecule has 0 radical (unpaired) electrons. The van der Waals surface area contributed by atoms with Crippen molar-refractivity contribution in [3.8, 4) is 5.75 Å². The van der Waals surface area contributed by atoms with Gasteiger partial charge in [0.15, 0.2) is 0 Å². The van der Waals surface area contributed by atoms with E-state index in [1.54, 1.807) is 26.0 Å². The van der Waals surface area contributed by atoms with Crippen molar-refractivity contribution in [3.05, 3.63) is 58.9 Å². The van der Waals surface area contributed by atoms with Gasteiger partial charge in [-0.15, -0.1) is 0 Å². The largest absolute Gasteiger partial charge is 0.489 e. The highest BCUT2D eigenvalue weighted by Crippen LogP contribution is 2.22. The third kappa shape index (κ3) is 3.80. The van der Waals surface area contributed by atoms with Crippen LogP contribution < -0.4 is 9.88 Å². The third-order valence-corrected chi connectivity index (χ3v) is 4.07. The quantitative estimate of drug-likeness (QED) is 0.944. The number of benzene rings is 2. The second-order valence-electron chi connectivity index (χ2n) is 4.83. The van der Waals surface area contributed by atoms with E-state index in [0.717, 1.165) is 11.1 Å². The minimum atomic E-state index is -3.72. The van der Waals surface area contributed by atoms with Crippen molar-refractivity contribution in [2.75, 3.05) is 0 Å². The van der Waals surface area contributed by atoms with E-state index in [-0.39, 0.29) is 17.3 Å². The Morgan fingerprint density at radius 1 is 1.10 bits per heavy atom. The highest BCUT2D eigenvalue weighted by atomic mass is 32.2. The maximum absolute atomic E-state index is 13.0. The molecule has 21 heavy (non-hydrogen) atoms. The predicted molar refractivity (Wildman–Crippen MR) is 78.0 cm³/mol. The van der Waals surface area contributed by atoms with Crippen LogP contribution in [0.1, 0.15) is 16.7 Å². The van der Waals surface area contributed by atoms with E-state index in [0.29, 0.717) is 11.3 Å². The van der Waals surface area contributed by atoms with Crippen LogP contribution in [0, 0.1) is 19.7 Å². The number of halogens is 1. The summed E-state index contributed by atoms with van der Waals surface area (Å²) in [5, 5.41) is 5.07. The highest BCUT2D eigenvalue weighted by Gasteiger charge is 2.10. The van der Waals surface area contributed by atoms with Crippen molar-refractivity contribution < 1.29 is 17.5 Å². The van der Waals surface area contributed by atoms with Gasteiger partial charge in [0.1, 0.15) is 18.2 Å². The van der Waals surface area contributed by atoms with Crippen LogP contribution in [0.15, 0.2) is 41.3 Å². The van der Waals surface area contributed by atoms with Crippen molar-refractivity contribution >= 4 is 10.0 Å². The van der Waals surface area contributed by atoms with E-state index >= 15 is 0 Å². The molecule has 4 nitrogen and oxygen atoms in total. The topological polar surface area (TPSA) is 69.4 Å². The minimum Gasteiger partial charge on any atom is -0.489 e. The molecule has 0 aliphatic carbocycles. The minimum absolute atomic E-state index is 0.0466. The van der Waals surface area contributed by atoms with Crippen molar-refractivity contribution in [1.82, 2.24) is 0 Å². The summed E-state index contributed by atoms with van der Waals surface area (Å²) in [6.45, 7) is 3.82. The van der Waals surface area contributed by atoms with Gasteiger partial charge >= 0.3 is 0 Å². The first kappa shape index (κ1) is 15.5. The molecule has 2 aromatic rings. The molecule has 6 heteroatoms. The number of sulfonamides is 1. The Morgan fingerprint density at radius 3 is 2.38 bits per heavy atom. The van der Waals surface area contributed by atoms with Crippen LogP contribution >= 0.6 is 0 Å². The Balaban J connectivity index is 2.17. The molecule has 0 aliphatic rings. The van der Waals surface area contributed by atoms with Gasteiger partial charge in [0, 0.05) is 0 Å². The highest BCUT2D eigenvalue weighted by molar-refractivity contribution is 7.89. The number of primary sulfonamides is 1. The van der Waals surface area contributed by atoms with Crippen molar-refractivity contribution in [3.63, 3.8) is 0 Å². The Bertz CT molecular complexity index is 772. The normalized spacial score (nSPS) is 11.4. The average Bonchev–Trinajstić information content (AvgIpc) is 2.38. The molecule has 2 aromatic carbocycles. The molecular weight excluding hydrogens is 293 g/mol. The van der Waals surface area contributed by atoms with Crippen LogP contribution in [-0.4, -0.2) is 8.42 Å². The number of rotatable bonds is 4. The first-order valence-corrected chi connectivity index (χ1v) is 7.83. The third-order valence-electron chi connectivity index (χ3n) is 3.16. The van der Waals surface area contributed by atoms with Crippen LogP contribution in [0.2, 0.25) is 0 Å². The maximum atomic E-state index is 13.0. The summed E-state index contributed by atoms with van der Waals surface area (Å²) in [5.41, 5.74) is 2.33. The fourth-order valence-electron chi connectivity index (χ4n) is 1.94. The molecule has 2 N–H and O–H groups in total. The fraction of sp³-hybridized carbons (Fsp3) is 0.200. The number of hydrogen-bond donors (Lipinski definition) is 1. The summed E-state index contributed by atoms with van der Waals surface area (Å²) in [4.78, 5) is 0.0466. The van der Waals surface area contributed by atoms with Gasteiger partial charge in [0.2, 0.25) is 10.0 Å². The molecule has 0 heterocycles. The Hall–Kier alpha value is -1.92. The van der Waals surface area contributed by atoms with Gasteiger partial charge in [-0.25, -0.2) is 17.9 Å². The lowest BCUT2D eigenvalue weighted by atomic mass is 10.1. The van der Waals surface area contributed by atoms with Gasteiger partial charge in [-0.1, -0.05) is 6.07 Å². The standard InChI is InChI=1S/C15H16FNO3S/c1-10-7-13(16)4-3-12(10)9-20-15-6-5-14(8-11(15)2)21(17,18)19/h3-8H,9H2,1-2H3,(H2,17,18,19). The summed E-state index contributed by atoms with van der Waals surface area (Å²) in [6.07, 6.45) is 0. The van der Waals surface area contributed by atoms with Crippen LogP contribution in [0.25, 0.3) is 0 Å². The van der Waals surface area contributed by atoms with Crippen molar-refractivity contribution in [2.24, 2.45) is 5.14 Å². The summed E-state index contributed by atoms with van der Waals surface area (Å²) in [5.74, 6) is 0.274. The second kappa shape index (κ2) is 5.83. The summed E-state index contributed by atoms with van der Waals surface area (Å²) in [6, 6.07) is 8.91. The number of aryl methyl sites for hydroxylation is 2. The molecule has 112 valence electrons. The van der Waals surface area contributed by atoms with Crippen LogP contribution in [0.5, 0.6) is 5.75 Å². The first-order chi connectivity index (χ1) is 9.77. The Kier molecular flexibility index (Phi) is 4.29. The Labute approximate surface area is 123 Å². The average molecular weight is 309 g/mol. The monoisotopic (exact) mass is 309 g/mol. The fourth-order valence-corrected chi connectivity index (χ4v) is 2.54. The van der Waals surface area contributed by atoms with Gasteiger partial charge in [-0.2, -0.15) is 0 Å². The maximum Gasteiger partial charge on any atom is 0.238 e. The van der Waals surface area contributed by atoms with Crippen LogP contribution in [-0.2, 0) is 16.6 Å². The molecule has 2 rings (SSSR count). The lowest BCUT2D eigenvalue weighted by Crippen LogP contribution is -2.12. The zero-order valence-corrected chi connectivity index (χ0v) is 12.6. The SMILES string of the molecule is Cc1cc(F)ccc1COc1ccc(S(N)(=O)=O)cc1C. The molecular formula is C15H16FNO3S. The van der Waals surface area contributed by atoms with E-state index in [1.807, 2.05) is 0 Å². The van der Waals surface area contributed by atoms with Gasteiger partial charge in [-0.3, -0.25) is 0 Å². The number of hydrogen-bond acceptors (Lipinski definition) is 3. The molecule has 0 atom stereocenters. The van der Waals surface area contributed by atoms with Crippen LogP contribution in [0.4, 0.5) is 4.39 Å². The molecule has 0 spiro atoms. The first-order valence-electron chi connectivity index (χ1n) is 6.28. The molecule has 0 aromatic heterocycles. The molecule has 0 saturated heterocycles. The summed E-state index contributed by atoms with van der Waals surface area (Å²) in [7, 11) is -3.72. The zero-order valence-electron chi connectivity index (χ0n) is 11.8. The van der Waals surface area contributed by atoms with Crippen molar-refractivity contribution in [1.29, 1.82) is 0 Å². The summed E-state index contributed by atoms with van der Waals surface area (Å²) < 4.78 is 41.2. The smallest absolute Gasteiger partial charge is 0.238 e. The van der Waals surface area contributed by atoms with Crippen LogP contribution in [0.3, 0.4) is 0 Å². The molecule has 0 amide bonds. The molecule has 0 aliphatic heterocycles. The molecule has 0 bridgehead atoms. The number of ether oxygens (including phenoxy) is 1. The molecule has 0 saturated carbocycles. The van der Waals surface area contributed by atoms with E-state index in [1.165, 1.54) is 24.3 Å². The number of nitrogens with two attached hydrogens (primary N) is 1. The lowest BCUT2D eigenvalue weighted by molar-refractivity contribution is 0.303. The Morgan fingerprint density at radius 2 is 1.81 bits per heavy atom. The summed E-state index contributed by atoms with van der Waals surface area (Å²) >= 11 is 0. The van der Waals surface area contributed by atoms with Crippen molar-refractivity contribution in [2.45, 2.75) is 25.3 Å². The second-order valence-corrected chi connectivity index (χ2v) is 6.39. The van der Waals surface area contributed by atoms with E-state index in [2.05, 4.69) is 0 Å². The van der Waals surface area contributed by atoms with E-state index in [4.69, 9.17) is 9.88 Å². The van der Waals surface area contributed by atoms with Gasteiger partial charge < -0.3 is 4.74 Å². The van der Waals surface area contributed by atoms with E-state index in [9.17, 15) is 12.8 Å². The zero-order chi connectivity index (χ0) is 15.6.